The van der Waals surface area contributed by atoms with Crippen LogP contribution in [0.4, 0.5) is 5.82 Å². The summed E-state index contributed by atoms with van der Waals surface area (Å²) in [5.41, 5.74) is 1.60. The number of rotatable bonds is 2. The fraction of sp³-hybridized carbons (Fsp3) is 0.188. The maximum Gasteiger partial charge on any atom is 0.243 e. The Morgan fingerprint density at radius 3 is 2.57 bits per heavy atom. The number of imide groups is 1. The molecule has 0 spiro atoms. The van der Waals surface area contributed by atoms with E-state index in [9.17, 15) is 9.59 Å². The van der Waals surface area contributed by atoms with E-state index in [1.54, 1.807) is 36.5 Å². The highest BCUT2D eigenvalue weighted by atomic mass is 35.5. The van der Waals surface area contributed by atoms with Crippen molar-refractivity contribution in [2.45, 2.75) is 19.3 Å². The van der Waals surface area contributed by atoms with Crippen LogP contribution in [0.2, 0.25) is 5.02 Å². The molecule has 4 nitrogen and oxygen atoms in total. The number of aromatic nitrogens is 1. The molecule has 1 fully saturated rings. The first-order valence-electron chi connectivity index (χ1n) is 6.62. The van der Waals surface area contributed by atoms with Crippen molar-refractivity contribution in [2.75, 3.05) is 4.90 Å². The highest BCUT2D eigenvalue weighted by Crippen LogP contribution is 2.33. The lowest BCUT2D eigenvalue weighted by atomic mass is 9.98. The maximum absolute atomic E-state index is 12.6. The molecule has 0 radical (unpaired) electrons. The molecule has 21 heavy (non-hydrogen) atoms. The van der Waals surface area contributed by atoms with E-state index in [1.807, 2.05) is 13.0 Å². The van der Waals surface area contributed by atoms with Gasteiger partial charge in [-0.1, -0.05) is 29.8 Å². The van der Waals surface area contributed by atoms with E-state index in [0.29, 0.717) is 10.8 Å². The van der Waals surface area contributed by atoms with Crippen LogP contribution in [-0.2, 0) is 9.59 Å². The Bertz CT molecular complexity index is 712. The monoisotopic (exact) mass is 300 g/mol. The lowest BCUT2D eigenvalue weighted by Gasteiger charge is -2.16. The van der Waals surface area contributed by atoms with E-state index in [4.69, 9.17) is 11.6 Å². The number of carbonyl (C=O) groups excluding carboxylic acids is 2. The molecular weight excluding hydrogens is 288 g/mol. The van der Waals surface area contributed by atoms with Crippen molar-refractivity contribution >= 4 is 29.2 Å². The predicted molar refractivity (Wildman–Crippen MR) is 80.3 cm³/mol. The molecule has 1 aliphatic heterocycles. The van der Waals surface area contributed by atoms with E-state index < -0.39 is 5.92 Å². The van der Waals surface area contributed by atoms with Gasteiger partial charge in [0.05, 0.1) is 5.92 Å². The summed E-state index contributed by atoms with van der Waals surface area (Å²) in [4.78, 5) is 30.2. The summed E-state index contributed by atoms with van der Waals surface area (Å²) >= 11 is 5.86. The molecule has 1 aliphatic rings. The summed E-state index contributed by atoms with van der Waals surface area (Å²) in [6.45, 7) is 1.83. The molecule has 1 aromatic heterocycles. The number of pyridine rings is 1. The molecule has 2 aromatic rings. The first kappa shape index (κ1) is 13.8. The van der Waals surface area contributed by atoms with Gasteiger partial charge in [-0.15, -0.1) is 0 Å². The number of nitrogens with zero attached hydrogens (tertiary/aromatic N) is 2. The van der Waals surface area contributed by atoms with Crippen LogP contribution >= 0.6 is 11.6 Å². The quantitative estimate of drug-likeness (QED) is 0.801. The minimum absolute atomic E-state index is 0.163. The summed E-state index contributed by atoms with van der Waals surface area (Å²) in [5, 5.41) is 0.605. The van der Waals surface area contributed by atoms with Crippen molar-refractivity contribution in [3.8, 4) is 0 Å². The van der Waals surface area contributed by atoms with Crippen LogP contribution in [0.5, 0.6) is 0 Å². The van der Waals surface area contributed by atoms with Gasteiger partial charge in [-0.05, 0) is 36.2 Å². The number of hydrogen-bond acceptors (Lipinski definition) is 3. The Hall–Kier alpha value is -2.20. The highest BCUT2D eigenvalue weighted by molar-refractivity contribution is 6.30. The van der Waals surface area contributed by atoms with Gasteiger partial charge in [0.2, 0.25) is 11.8 Å². The normalized spacial score (nSPS) is 18.4. The maximum atomic E-state index is 12.6. The SMILES string of the molecule is Cc1cccnc1N1C(=O)C[C@@H](c2ccc(Cl)cc2)C1=O. The van der Waals surface area contributed by atoms with Crippen LogP contribution in [0.1, 0.15) is 23.5 Å². The van der Waals surface area contributed by atoms with Gasteiger partial charge < -0.3 is 0 Å². The zero-order valence-electron chi connectivity index (χ0n) is 11.4. The molecular formula is C16H13ClN2O2. The van der Waals surface area contributed by atoms with Gasteiger partial charge in [0.25, 0.3) is 0 Å². The molecule has 1 atom stereocenters. The molecule has 2 amide bonds. The third-order valence-electron chi connectivity index (χ3n) is 3.61. The van der Waals surface area contributed by atoms with E-state index in [0.717, 1.165) is 11.1 Å². The molecule has 2 heterocycles. The van der Waals surface area contributed by atoms with Crippen LogP contribution in [0.3, 0.4) is 0 Å². The second-order valence-corrected chi connectivity index (χ2v) is 5.46. The smallest absolute Gasteiger partial charge is 0.243 e. The molecule has 0 N–H and O–H groups in total. The average Bonchev–Trinajstić information content (AvgIpc) is 2.76. The number of benzene rings is 1. The van der Waals surface area contributed by atoms with E-state index >= 15 is 0 Å². The Kier molecular flexibility index (Phi) is 3.47. The molecule has 5 heteroatoms. The average molecular weight is 301 g/mol. The van der Waals surface area contributed by atoms with Crippen molar-refractivity contribution in [1.82, 2.24) is 4.98 Å². The Morgan fingerprint density at radius 1 is 1.19 bits per heavy atom. The number of hydrogen-bond donors (Lipinski definition) is 0. The lowest BCUT2D eigenvalue weighted by Crippen LogP contribution is -2.31. The fourth-order valence-corrected chi connectivity index (χ4v) is 2.65. The van der Waals surface area contributed by atoms with Crippen LogP contribution in [0.15, 0.2) is 42.6 Å². The lowest BCUT2D eigenvalue weighted by molar-refractivity contribution is -0.121. The van der Waals surface area contributed by atoms with Crippen LogP contribution < -0.4 is 4.90 Å². The predicted octanol–water partition coefficient (Wildman–Crippen LogP) is 3.09. The van der Waals surface area contributed by atoms with Crippen molar-refractivity contribution in [3.63, 3.8) is 0 Å². The van der Waals surface area contributed by atoms with Crippen LogP contribution in [-0.4, -0.2) is 16.8 Å². The Balaban J connectivity index is 1.96. The van der Waals surface area contributed by atoms with Gasteiger partial charge in [0.15, 0.2) is 0 Å². The summed E-state index contributed by atoms with van der Waals surface area (Å²) in [5.74, 6) is -0.494. The molecule has 0 bridgehead atoms. The zero-order chi connectivity index (χ0) is 15.0. The summed E-state index contributed by atoms with van der Waals surface area (Å²) in [6, 6.07) is 10.6. The number of aryl methyl sites for hydroxylation is 1. The Labute approximate surface area is 127 Å². The number of halogens is 1. The minimum Gasteiger partial charge on any atom is -0.274 e. The molecule has 3 rings (SSSR count). The van der Waals surface area contributed by atoms with Gasteiger partial charge in [-0.25, -0.2) is 9.88 Å². The minimum atomic E-state index is -0.462. The summed E-state index contributed by atoms with van der Waals surface area (Å²) < 4.78 is 0. The van der Waals surface area contributed by atoms with Gasteiger partial charge in [0, 0.05) is 17.6 Å². The Morgan fingerprint density at radius 2 is 1.90 bits per heavy atom. The number of carbonyl (C=O) groups is 2. The topological polar surface area (TPSA) is 50.3 Å². The summed E-state index contributed by atoms with van der Waals surface area (Å²) in [6.07, 6.45) is 1.75. The van der Waals surface area contributed by atoms with Crippen molar-refractivity contribution in [1.29, 1.82) is 0 Å². The second-order valence-electron chi connectivity index (χ2n) is 5.02. The third-order valence-corrected chi connectivity index (χ3v) is 3.86. The van der Waals surface area contributed by atoms with Crippen molar-refractivity contribution < 1.29 is 9.59 Å². The van der Waals surface area contributed by atoms with Gasteiger partial charge in [-0.2, -0.15) is 0 Å². The zero-order valence-corrected chi connectivity index (χ0v) is 12.2. The fourth-order valence-electron chi connectivity index (χ4n) is 2.52. The summed E-state index contributed by atoms with van der Waals surface area (Å²) in [7, 11) is 0. The third kappa shape index (κ3) is 2.43. The van der Waals surface area contributed by atoms with Crippen molar-refractivity contribution in [2.24, 2.45) is 0 Å². The number of anilines is 1. The van der Waals surface area contributed by atoms with E-state index in [2.05, 4.69) is 4.98 Å². The highest BCUT2D eigenvalue weighted by Gasteiger charge is 2.41. The second kappa shape index (κ2) is 5.30. The van der Waals surface area contributed by atoms with Gasteiger partial charge in [-0.3, -0.25) is 9.59 Å². The molecule has 1 saturated heterocycles. The van der Waals surface area contributed by atoms with Gasteiger partial charge in [0.1, 0.15) is 5.82 Å². The molecule has 0 aliphatic carbocycles. The first-order valence-corrected chi connectivity index (χ1v) is 6.99. The molecule has 0 unspecified atom stereocenters. The van der Waals surface area contributed by atoms with Gasteiger partial charge >= 0.3 is 0 Å². The standard InChI is InChI=1S/C16H13ClN2O2/c1-10-3-2-8-18-15(10)19-14(20)9-13(16(19)21)11-4-6-12(17)7-5-11/h2-8,13H,9H2,1H3/t13-/m0/s1. The molecule has 106 valence electrons. The molecule has 1 aromatic carbocycles. The number of amides is 2. The molecule has 0 saturated carbocycles. The van der Waals surface area contributed by atoms with Crippen LogP contribution in [0, 0.1) is 6.92 Å². The largest absolute Gasteiger partial charge is 0.274 e. The first-order chi connectivity index (χ1) is 10.1. The van der Waals surface area contributed by atoms with E-state index in [1.165, 1.54) is 4.90 Å². The van der Waals surface area contributed by atoms with Crippen molar-refractivity contribution in [3.05, 3.63) is 58.7 Å². The van der Waals surface area contributed by atoms with E-state index in [-0.39, 0.29) is 18.2 Å². The van der Waals surface area contributed by atoms with Crippen LogP contribution in [0.25, 0.3) is 0 Å².